The van der Waals surface area contributed by atoms with Crippen LogP contribution in [0, 0.1) is 5.92 Å². The maximum atomic E-state index is 10.8. The average Bonchev–Trinajstić information content (AvgIpc) is 2.49. The van der Waals surface area contributed by atoms with Crippen molar-refractivity contribution < 1.29 is 9.90 Å². The van der Waals surface area contributed by atoms with Crippen molar-refractivity contribution in [2.24, 2.45) is 11.7 Å². The van der Waals surface area contributed by atoms with Crippen molar-refractivity contribution in [1.82, 2.24) is 5.32 Å². The highest BCUT2D eigenvalue weighted by atomic mass is 16.4. The molecule has 0 aromatic heterocycles. The number of carbonyl (C=O) groups is 1. The minimum absolute atomic E-state index is 0.0103. The van der Waals surface area contributed by atoms with Crippen LogP contribution in [0.5, 0.6) is 0 Å². The van der Waals surface area contributed by atoms with Crippen molar-refractivity contribution in [3.05, 3.63) is 35.7 Å². The molecule has 0 saturated heterocycles. The van der Waals surface area contributed by atoms with Crippen LogP contribution in [0.15, 0.2) is 35.7 Å². The van der Waals surface area contributed by atoms with Crippen LogP contribution < -0.4 is 11.1 Å². The van der Waals surface area contributed by atoms with E-state index >= 15 is 0 Å². The number of hydrogen-bond donors (Lipinski definition) is 3. The first-order valence-electron chi connectivity index (χ1n) is 4.03. The van der Waals surface area contributed by atoms with Crippen LogP contribution in [-0.2, 0) is 4.79 Å². The predicted octanol–water partition coefficient (Wildman–Crippen LogP) is -0.0447. The van der Waals surface area contributed by atoms with Crippen LogP contribution in [0.3, 0.4) is 0 Å². The third-order valence-corrected chi connectivity index (χ3v) is 2.34. The number of hydrogen-bond acceptors (Lipinski definition) is 3. The lowest BCUT2D eigenvalue weighted by Crippen LogP contribution is -2.32. The number of rotatable bonds is 1. The van der Waals surface area contributed by atoms with Gasteiger partial charge in [-0.2, -0.15) is 0 Å². The fourth-order valence-electron chi connectivity index (χ4n) is 1.70. The molecule has 0 fully saturated rings. The second kappa shape index (κ2) is 2.65. The van der Waals surface area contributed by atoms with E-state index in [1.54, 1.807) is 6.08 Å². The lowest BCUT2D eigenvalue weighted by Gasteiger charge is -2.21. The first-order chi connectivity index (χ1) is 6.20. The molecule has 0 aromatic carbocycles. The van der Waals surface area contributed by atoms with Crippen LogP contribution in [0.1, 0.15) is 0 Å². The van der Waals surface area contributed by atoms with E-state index in [0.717, 1.165) is 0 Å². The summed E-state index contributed by atoms with van der Waals surface area (Å²) in [5, 5.41) is 11.8. The molecule has 0 radical (unpaired) electrons. The fourth-order valence-corrected chi connectivity index (χ4v) is 1.70. The highest BCUT2D eigenvalue weighted by Crippen LogP contribution is 2.29. The third kappa shape index (κ3) is 1.11. The molecule has 2 unspecified atom stereocenters. The molecule has 1 aliphatic carbocycles. The van der Waals surface area contributed by atoms with Gasteiger partial charge < -0.3 is 16.2 Å². The molecule has 4 N–H and O–H groups in total. The third-order valence-electron chi connectivity index (χ3n) is 2.34. The summed E-state index contributed by atoms with van der Waals surface area (Å²) >= 11 is 0. The van der Waals surface area contributed by atoms with Gasteiger partial charge >= 0.3 is 5.97 Å². The Morgan fingerprint density at radius 2 is 2.38 bits per heavy atom. The van der Waals surface area contributed by atoms with Gasteiger partial charge in [-0.05, 0) is 6.08 Å². The molecule has 0 aromatic rings. The molecule has 0 spiro atoms. The second-order valence-corrected chi connectivity index (χ2v) is 3.13. The fraction of sp³-hybridized carbons (Fsp3) is 0.222. The molecule has 13 heavy (non-hydrogen) atoms. The molecule has 2 aliphatic rings. The van der Waals surface area contributed by atoms with Gasteiger partial charge in [0.25, 0.3) is 0 Å². The van der Waals surface area contributed by atoms with Crippen molar-refractivity contribution in [1.29, 1.82) is 0 Å². The van der Waals surface area contributed by atoms with Crippen molar-refractivity contribution in [3.63, 3.8) is 0 Å². The topological polar surface area (TPSA) is 75.3 Å². The molecule has 1 aliphatic heterocycles. The van der Waals surface area contributed by atoms with E-state index in [9.17, 15) is 4.79 Å². The Hall–Kier alpha value is -1.71. The van der Waals surface area contributed by atoms with Crippen molar-refractivity contribution in [3.8, 4) is 0 Å². The van der Waals surface area contributed by atoms with E-state index in [1.165, 1.54) is 6.20 Å². The number of carboxylic acids is 1. The van der Waals surface area contributed by atoms with Gasteiger partial charge in [-0.15, -0.1) is 0 Å². The van der Waals surface area contributed by atoms with Gasteiger partial charge in [-0.3, -0.25) is 0 Å². The monoisotopic (exact) mass is 178 g/mol. The Morgan fingerprint density at radius 1 is 1.62 bits per heavy atom. The standard InChI is InChI=1S/C9H10N2O2/c10-6-2-1-3-7-8(6)5(4-11-7)9(12)13/h1-4,7-8,11H,10H2,(H,12,13). The molecular weight excluding hydrogens is 168 g/mol. The SMILES string of the molecule is NC1=CC=CC2NC=C(C(=O)O)C12. The Morgan fingerprint density at radius 3 is 3.08 bits per heavy atom. The van der Waals surface area contributed by atoms with Crippen molar-refractivity contribution in [2.75, 3.05) is 0 Å². The summed E-state index contributed by atoms with van der Waals surface area (Å²) in [6.45, 7) is 0. The molecule has 68 valence electrons. The van der Waals surface area contributed by atoms with Gasteiger partial charge in [0.05, 0.1) is 17.5 Å². The lowest BCUT2D eigenvalue weighted by atomic mass is 9.88. The predicted molar refractivity (Wildman–Crippen MR) is 47.5 cm³/mol. The number of carboxylic acid groups (broad SMARTS) is 1. The Kier molecular flexibility index (Phi) is 1.62. The van der Waals surface area contributed by atoms with E-state index in [1.807, 2.05) is 12.2 Å². The number of nitrogens with one attached hydrogen (secondary N) is 1. The lowest BCUT2D eigenvalue weighted by molar-refractivity contribution is -0.133. The van der Waals surface area contributed by atoms with Gasteiger partial charge in [-0.1, -0.05) is 12.2 Å². The van der Waals surface area contributed by atoms with Crippen LogP contribution in [-0.4, -0.2) is 17.1 Å². The van der Waals surface area contributed by atoms with E-state index in [2.05, 4.69) is 5.32 Å². The quantitative estimate of drug-likeness (QED) is 0.526. The smallest absolute Gasteiger partial charge is 0.333 e. The summed E-state index contributed by atoms with van der Waals surface area (Å²) in [6, 6.07) is 0.0103. The zero-order valence-electron chi connectivity index (χ0n) is 6.90. The highest BCUT2D eigenvalue weighted by Gasteiger charge is 2.34. The Labute approximate surface area is 75.4 Å². The molecule has 0 amide bonds. The molecular formula is C9H10N2O2. The van der Waals surface area contributed by atoms with Crippen LogP contribution in [0.2, 0.25) is 0 Å². The van der Waals surface area contributed by atoms with Crippen molar-refractivity contribution >= 4 is 5.97 Å². The minimum atomic E-state index is -0.911. The molecule has 4 heteroatoms. The number of aliphatic carboxylic acids is 1. The van der Waals surface area contributed by atoms with E-state index in [0.29, 0.717) is 11.3 Å². The van der Waals surface area contributed by atoms with Crippen LogP contribution >= 0.6 is 0 Å². The first kappa shape index (κ1) is 7.91. The van der Waals surface area contributed by atoms with Crippen LogP contribution in [0.25, 0.3) is 0 Å². The normalized spacial score (nSPS) is 30.2. The average molecular weight is 178 g/mol. The summed E-state index contributed by atoms with van der Waals surface area (Å²) in [6.07, 6.45) is 7.01. The molecule has 2 atom stereocenters. The number of nitrogens with two attached hydrogens (primary N) is 1. The summed E-state index contributed by atoms with van der Waals surface area (Å²) in [4.78, 5) is 10.8. The van der Waals surface area contributed by atoms with E-state index in [4.69, 9.17) is 10.8 Å². The summed E-state index contributed by atoms with van der Waals surface area (Å²) < 4.78 is 0. The highest BCUT2D eigenvalue weighted by molar-refractivity contribution is 5.89. The molecule has 0 bridgehead atoms. The Balaban J connectivity index is 2.33. The van der Waals surface area contributed by atoms with Gasteiger partial charge in [0.15, 0.2) is 0 Å². The summed E-state index contributed by atoms with van der Waals surface area (Å²) in [7, 11) is 0. The van der Waals surface area contributed by atoms with Gasteiger partial charge in [0.1, 0.15) is 0 Å². The number of allylic oxidation sites excluding steroid dienone is 2. The minimum Gasteiger partial charge on any atom is -0.478 e. The van der Waals surface area contributed by atoms with E-state index in [-0.39, 0.29) is 12.0 Å². The number of fused-ring (bicyclic) bond motifs is 1. The Bertz CT molecular complexity index is 342. The molecule has 0 saturated carbocycles. The maximum absolute atomic E-state index is 10.8. The molecule has 1 heterocycles. The second-order valence-electron chi connectivity index (χ2n) is 3.13. The molecule has 4 nitrogen and oxygen atoms in total. The van der Waals surface area contributed by atoms with E-state index < -0.39 is 5.97 Å². The zero-order chi connectivity index (χ0) is 9.42. The largest absolute Gasteiger partial charge is 0.478 e. The maximum Gasteiger partial charge on any atom is 0.333 e. The van der Waals surface area contributed by atoms with Gasteiger partial charge in [-0.25, -0.2) is 4.79 Å². The van der Waals surface area contributed by atoms with Crippen molar-refractivity contribution in [2.45, 2.75) is 6.04 Å². The summed E-state index contributed by atoms with van der Waals surface area (Å²) in [5.74, 6) is -1.12. The van der Waals surface area contributed by atoms with Gasteiger partial charge in [0.2, 0.25) is 0 Å². The zero-order valence-corrected chi connectivity index (χ0v) is 6.90. The van der Waals surface area contributed by atoms with Crippen LogP contribution in [0.4, 0.5) is 0 Å². The molecule has 2 rings (SSSR count). The first-order valence-corrected chi connectivity index (χ1v) is 4.03. The summed E-state index contributed by atoms with van der Waals surface area (Å²) in [5.41, 5.74) is 6.65. The van der Waals surface area contributed by atoms with Gasteiger partial charge in [0, 0.05) is 11.9 Å².